The molecule has 1 aliphatic rings. The first kappa shape index (κ1) is 18.7. The van der Waals surface area contributed by atoms with Gasteiger partial charge in [-0.05, 0) is 38.4 Å². The summed E-state index contributed by atoms with van der Waals surface area (Å²) in [7, 11) is 3.92. The summed E-state index contributed by atoms with van der Waals surface area (Å²) >= 11 is 0. The van der Waals surface area contributed by atoms with Crippen molar-refractivity contribution in [3.05, 3.63) is 53.2 Å². The van der Waals surface area contributed by atoms with E-state index < -0.39 is 11.7 Å². The summed E-state index contributed by atoms with van der Waals surface area (Å²) in [5, 5.41) is 8.22. The van der Waals surface area contributed by atoms with Gasteiger partial charge in [0.15, 0.2) is 0 Å². The summed E-state index contributed by atoms with van der Waals surface area (Å²) in [6.07, 6.45) is 0.573. The van der Waals surface area contributed by atoms with E-state index in [9.17, 15) is 13.2 Å². The molecule has 1 unspecified atom stereocenters. The van der Waals surface area contributed by atoms with Crippen LogP contribution in [-0.4, -0.2) is 31.9 Å². The monoisotopic (exact) mass is 391 g/mol. The second-order valence-corrected chi connectivity index (χ2v) is 7.08. The first-order chi connectivity index (χ1) is 13.3. The highest BCUT2D eigenvalue weighted by Crippen LogP contribution is 2.34. The molecule has 148 valence electrons. The maximum absolute atomic E-state index is 12.9. The van der Waals surface area contributed by atoms with Crippen LogP contribution in [0.15, 0.2) is 35.0 Å². The first-order valence-corrected chi connectivity index (χ1v) is 9.04. The van der Waals surface area contributed by atoms with Crippen molar-refractivity contribution in [3.63, 3.8) is 0 Å². The number of aryl methyl sites for hydroxylation is 1. The smallest absolute Gasteiger partial charge is 0.338 e. The van der Waals surface area contributed by atoms with Crippen molar-refractivity contribution in [2.24, 2.45) is 7.05 Å². The van der Waals surface area contributed by atoms with E-state index in [1.165, 1.54) is 23.4 Å². The fourth-order valence-corrected chi connectivity index (χ4v) is 3.74. The number of halogens is 3. The van der Waals surface area contributed by atoms with Crippen molar-refractivity contribution in [2.45, 2.75) is 38.0 Å². The lowest BCUT2D eigenvalue weighted by atomic mass is 9.92. The third kappa shape index (κ3) is 3.54. The molecule has 0 saturated heterocycles. The van der Waals surface area contributed by atoms with E-state index in [2.05, 4.69) is 20.1 Å². The van der Waals surface area contributed by atoms with Crippen molar-refractivity contribution in [2.75, 3.05) is 7.05 Å². The van der Waals surface area contributed by atoms with Gasteiger partial charge in [0, 0.05) is 29.9 Å². The van der Waals surface area contributed by atoms with Crippen LogP contribution in [0.25, 0.3) is 11.4 Å². The van der Waals surface area contributed by atoms with Crippen LogP contribution in [0.2, 0.25) is 0 Å². The summed E-state index contributed by atoms with van der Waals surface area (Å²) < 4.78 is 45.9. The number of hydrogen-bond donors (Lipinski definition) is 0. The summed E-state index contributed by atoms with van der Waals surface area (Å²) in [4.78, 5) is 6.41. The molecule has 2 heterocycles. The van der Waals surface area contributed by atoms with E-state index in [0.717, 1.165) is 31.4 Å². The van der Waals surface area contributed by atoms with E-state index in [1.54, 1.807) is 0 Å². The second kappa shape index (κ2) is 7.05. The third-order valence-corrected chi connectivity index (χ3v) is 5.18. The standard InChI is InChI=1S/C19H20F3N5O/c1-26(15-7-4-8-16-14(15)10-23-27(16)2)11-17-24-18(25-28-17)12-5-3-6-13(9-12)19(20,21)22/h3,5-6,9-10,15H,4,7-8,11H2,1-2H3. The molecule has 0 N–H and O–H groups in total. The SMILES string of the molecule is CN(Cc1nc(-c2cccc(C(F)(F)F)c2)no1)C1CCCc2c1cnn2C. The lowest BCUT2D eigenvalue weighted by Gasteiger charge is -2.30. The highest BCUT2D eigenvalue weighted by atomic mass is 19.4. The van der Waals surface area contributed by atoms with Crippen molar-refractivity contribution in [3.8, 4) is 11.4 Å². The normalized spacial score (nSPS) is 17.1. The van der Waals surface area contributed by atoms with E-state index >= 15 is 0 Å². The number of aromatic nitrogens is 4. The van der Waals surface area contributed by atoms with Gasteiger partial charge in [0.25, 0.3) is 0 Å². The predicted octanol–water partition coefficient (Wildman–Crippen LogP) is 4.00. The Kier molecular flexibility index (Phi) is 4.70. The molecular weight excluding hydrogens is 371 g/mol. The summed E-state index contributed by atoms with van der Waals surface area (Å²) in [5.74, 6) is 0.520. The Morgan fingerprint density at radius 2 is 2.14 bits per heavy atom. The minimum atomic E-state index is -4.41. The molecule has 1 aliphatic carbocycles. The van der Waals surface area contributed by atoms with Crippen LogP contribution in [-0.2, 0) is 26.2 Å². The van der Waals surface area contributed by atoms with Crippen LogP contribution >= 0.6 is 0 Å². The van der Waals surface area contributed by atoms with Crippen LogP contribution in [0.5, 0.6) is 0 Å². The van der Waals surface area contributed by atoms with E-state index in [-0.39, 0.29) is 17.4 Å². The minimum absolute atomic E-state index is 0.153. The van der Waals surface area contributed by atoms with Gasteiger partial charge < -0.3 is 4.52 Å². The van der Waals surface area contributed by atoms with Gasteiger partial charge in [-0.1, -0.05) is 17.3 Å². The number of hydrogen-bond acceptors (Lipinski definition) is 5. The molecule has 1 atom stereocenters. The number of benzene rings is 1. The Bertz CT molecular complexity index is 978. The van der Waals surface area contributed by atoms with E-state index in [1.807, 2.05) is 25.0 Å². The van der Waals surface area contributed by atoms with Gasteiger partial charge in [-0.2, -0.15) is 23.3 Å². The fraction of sp³-hybridized carbons (Fsp3) is 0.421. The second-order valence-electron chi connectivity index (χ2n) is 7.08. The number of rotatable bonds is 4. The topological polar surface area (TPSA) is 60.0 Å². The molecule has 0 bridgehead atoms. The first-order valence-electron chi connectivity index (χ1n) is 9.04. The molecule has 1 aromatic carbocycles. The highest BCUT2D eigenvalue weighted by molar-refractivity contribution is 5.55. The summed E-state index contributed by atoms with van der Waals surface area (Å²) in [6, 6.07) is 5.12. The molecule has 0 spiro atoms. The number of nitrogens with zero attached hydrogens (tertiary/aromatic N) is 5. The van der Waals surface area contributed by atoms with E-state index in [4.69, 9.17) is 4.52 Å². The molecule has 4 rings (SSSR count). The Morgan fingerprint density at radius 1 is 1.32 bits per heavy atom. The molecule has 0 saturated carbocycles. The van der Waals surface area contributed by atoms with Gasteiger partial charge >= 0.3 is 6.18 Å². The molecule has 0 amide bonds. The Morgan fingerprint density at radius 3 is 2.93 bits per heavy atom. The molecule has 28 heavy (non-hydrogen) atoms. The molecule has 3 aromatic rings. The Labute approximate surface area is 160 Å². The Balaban J connectivity index is 1.52. The summed E-state index contributed by atoms with van der Waals surface area (Å²) in [5.41, 5.74) is 1.98. The largest absolute Gasteiger partial charge is 0.416 e. The molecule has 0 radical (unpaired) electrons. The van der Waals surface area contributed by atoms with Crippen molar-refractivity contribution in [1.29, 1.82) is 0 Å². The molecular formula is C19H20F3N5O. The van der Waals surface area contributed by atoms with Gasteiger partial charge in [0.05, 0.1) is 18.3 Å². The maximum atomic E-state index is 12.9. The highest BCUT2D eigenvalue weighted by Gasteiger charge is 2.31. The van der Waals surface area contributed by atoms with Crippen LogP contribution in [0, 0.1) is 0 Å². The average molecular weight is 391 g/mol. The van der Waals surface area contributed by atoms with Crippen LogP contribution < -0.4 is 0 Å². The van der Waals surface area contributed by atoms with Crippen LogP contribution in [0.1, 0.15) is 41.6 Å². The van der Waals surface area contributed by atoms with Crippen LogP contribution in [0.3, 0.4) is 0 Å². The lowest BCUT2D eigenvalue weighted by molar-refractivity contribution is -0.137. The molecule has 6 nitrogen and oxygen atoms in total. The molecule has 9 heteroatoms. The average Bonchev–Trinajstić information content (AvgIpc) is 3.28. The molecule has 2 aromatic heterocycles. The van der Waals surface area contributed by atoms with Crippen molar-refractivity contribution < 1.29 is 17.7 Å². The van der Waals surface area contributed by atoms with Gasteiger partial charge in [-0.15, -0.1) is 0 Å². The lowest BCUT2D eigenvalue weighted by Crippen LogP contribution is -2.27. The van der Waals surface area contributed by atoms with E-state index in [0.29, 0.717) is 12.4 Å². The van der Waals surface area contributed by atoms with Gasteiger partial charge in [0.2, 0.25) is 11.7 Å². The number of alkyl halides is 3. The maximum Gasteiger partial charge on any atom is 0.416 e. The molecule has 0 fully saturated rings. The fourth-order valence-electron chi connectivity index (χ4n) is 3.74. The Hall–Kier alpha value is -2.68. The predicted molar refractivity (Wildman–Crippen MR) is 95.1 cm³/mol. The van der Waals surface area contributed by atoms with Crippen molar-refractivity contribution >= 4 is 0 Å². The minimum Gasteiger partial charge on any atom is -0.338 e. The third-order valence-electron chi connectivity index (χ3n) is 5.18. The number of fused-ring (bicyclic) bond motifs is 1. The van der Waals surface area contributed by atoms with Crippen LogP contribution in [0.4, 0.5) is 13.2 Å². The van der Waals surface area contributed by atoms with Crippen molar-refractivity contribution in [1.82, 2.24) is 24.8 Å². The van der Waals surface area contributed by atoms with Gasteiger partial charge in [-0.25, -0.2) is 0 Å². The quantitative estimate of drug-likeness (QED) is 0.673. The zero-order chi connectivity index (χ0) is 19.9. The van der Waals surface area contributed by atoms with Gasteiger partial charge in [0.1, 0.15) is 0 Å². The zero-order valence-electron chi connectivity index (χ0n) is 15.6. The molecule has 0 aliphatic heterocycles. The summed E-state index contributed by atoms with van der Waals surface area (Å²) in [6.45, 7) is 0.408. The zero-order valence-corrected chi connectivity index (χ0v) is 15.6. The van der Waals surface area contributed by atoms with Gasteiger partial charge in [-0.3, -0.25) is 9.58 Å².